The molecule has 2 aliphatic heterocycles. The van der Waals surface area contributed by atoms with Crippen LogP contribution >= 0.6 is 0 Å². The summed E-state index contributed by atoms with van der Waals surface area (Å²) in [4.78, 5) is 24.2. The quantitative estimate of drug-likeness (QED) is 0.747. The summed E-state index contributed by atoms with van der Waals surface area (Å²) in [5, 5.41) is 5.72. The number of hydrogen-bond donors (Lipinski definition) is 2. The Balaban J connectivity index is 1.39. The van der Waals surface area contributed by atoms with E-state index >= 15 is 0 Å². The van der Waals surface area contributed by atoms with E-state index < -0.39 is 5.92 Å². The smallest absolute Gasteiger partial charge is 0.228 e. The Morgan fingerprint density at radius 2 is 2.25 bits per heavy atom. The molecule has 2 amide bonds. The maximum absolute atomic E-state index is 12.4. The van der Waals surface area contributed by atoms with Crippen LogP contribution in [0.1, 0.15) is 37.2 Å². The number of carbonyl (C=O) groups excluding carboxylic acids is 2. The number of fused-ring (bicyclic) bond motifs is 1. The van der Waals surface area contributed by atoms with Gasteiger partial charge in [0.2, 0.25) is 11.8 Å². The van der Waals surface area contributed by atoms with Crippen LogP contribution < -0.4 is 10.6 Å². The molecule has 1 aromatic rings. The van der Waals surface area contributed by atoms with Crippen LogP contribution in [0.5, 0.6) is 0 Å². The molecular weight excluding hydrogens is 308 g/mol. The number of carbonyl (C=O) groups is 2. The van der Waals surface area contributed by atoms with Crippen LogP contribution in [0, 0.1) is 0 Å². The molecule has 2 atom stereocenters. The maximum Gasteiger partial charge on any atom is 0.228 e. The fraction of sp³-hybridized carbons (Fsp3) is 0.556. The summed E-state index contributed by atoms with van der Waals surface area (Å²) in [7, 11) is 0. The molecule has 0 bridgehead atoms. The number of ether oxygens (including phenoxy) is 2. The lowest BCUT2D eigenvalue weighted by Gasteiger charge is -2.24. The van der Waals surface area contributed by atoms with Gasteiger partial charge in [0.05, 0.1) is 18.6 Å². The number of para-hydroxylation sites is 1. The summed E-state index contributed by atoms with van der Waals surface area (Å²) in [6.45, 7) is 2.61. The summed E-state index contributed by atoms with van der Waals surface area (Å²) in [5.41, 5.74) is 1.61. The summed E-state index contributed by atoms with van der Waals surface area (Å²) < 4.78 is 11.1. The molecule has 2 heterocycles. The average Bonchev–Trinajstić information content (AvgIpc) is 3.10. The van der Waals surface area contributed by atoms with Crippen LogP contribution in [0.2, 0.25) is 0 Å². The summed E-state index contributed by atoms with van der Waals surface area (Å²) in [5.74, 6) is -0.632. The number of nitrogens with one attached hydrogen (secondary N) is 2. The monoisotopic (exact) mass is 332 g/mol. The average molecular weight is 332 g/mol. The van der Waals surface area contributed by atoms with Gasteiger partial charge < -0.3 is 20.1 Å². The first-order valence-electron chi connectivity index (χ1n) is 8.60. The van der Waals surface area contributed by atoms with Gasteiger partial charge in [-0.1, -0.05) is 18.2 Å². The molecule has 2 aliphatic rings. The van der Waals surface area contributed by atoms with Crippen LogP contribution in [0.4, 0.5) is 5.69 Å². The third-order valence-electron chi connectivity index (χ3n) is 4.41. The standard InChI is InChI=1S/C18H24N2O4/c21-17-11-15(14-6-1-2-7-16(14)20-17)18(22)19-8-4-9-23-12-13-5-3-10-24-13/h1-2,6-7,13,15H,3-5,8-12H2,(H,19,22)(H,20,21)/t13-,15+/m1/s1. The second kappa shape index (κ2) is 8.26. The van der Waals surface area contributed by atoms with Crippen LogP contribution in [0.25, 0.3) is 0 Å². The highest BCUT2D eigenvalue weighted by molar-refractivity contribution is 6.01. The van der Waals surface area contributed by atoms with Crippen molar-refractivity contribution in [3.63, 3.8) is 0 Å². The normalized spacial score (nSPS) is 22.8. The molecule has 6 heteroatoms. The van der Waals surface area contributed by atoms with Crippen molar-refractivity contribution in [1.29, 1.82) is 0 Å². The van der Waals surface area contributed by atoms with Crippen LogP contribution in [-0.4, -0.2) is 44.3 Å². The number of benzene rings is 1. The Hall–Kier alpha value is -1.92. The van der Waals surface area contributed by atoms with Gasteiger partial charge in [-0.25, -0.2) is 0 Å². The minimum Gasteiger partial charge on any atom is -0.379 e. The van der Waals surface area contributed by atoms with Gasteiger partial charge in [0, 0.05) is 31.9 Å². The van der Waals surface area contributed by atoms with Gasteiger partial charge in [-0.15, -0.1) is 0 Å². The lowest BCUT2D eigenvalue weighted by atomic mass is 9.90. The molecule has 0 radical (unpaired) electrons. The molecule has 3 rings (SSSR count). The van der Waals surface area contributed by atoms with Crippen molar-refractivity contribution in [2.24, 2.45) is 0 Å². The Bertz CT molecular complexity index is 584. The van der Waals surface area contributed by atoms with Crippen molar-refractivity contribution < 1.29 is 19.1 Å². The first-order chi connectivity index (χ1) is 11.7. The molecule has 0 aliphatic carbocycles. The summed E-state index contributed by atoms with van der Waals surface area (Å²) in [6.07, 6.45) is 3.36. The van der Waals surface area contributed by atoms with Gasteiger partial charge >= 0.3 is 0 Å². The molecule has 1 aromatic carbocycles. The van der Waals surface area contributed by atoms with Crippen molar-refractivity contribution >= 4 is 17.5 Å². The van der Waals surface area contributed by atoms with Crippen LogP contribution in [0.3, 0.4) is 0 Å². The Morgan fingerprint density at radius 3 is 3.08 bits per heavy atom. The Morgan fingerprint density at radius 1 is 1.38 bits per heavy atom. The molecule has 0 aromatic heterocycles. The number of anilines is 1. The van der Waals surface area contributed by atoms with Gasteiger partial charge in [-0.05, 0) is 30.9 Å². The number of amides is 2. The molecule has 6 nitrogen and oxygen atoms in total. The molecular formula is C18H24N2O4. The Kier molecular flexibility index (Phi) is 5.82. The zero-order chi connectivity index (χ0) is 16.8. The van der Waals surface area contributed by atoms with Gasteiger partial charge in [-0.2, -0.15) is 0 Å². The van der Waals surface area contributed by atoms with E-state index in [1.165, 1.54) is 0 Å². The van der Waals surface area contributed by atoms with Crippen molar-refractivity contribution in [3.8, 4) is 0 Å². The predicted octanol–water partition coefficient (Wildman–Crippen LogP) is 1.81. The molecule has 0 unspecified atom stereocenters. The Labute approximate surface area is 141 Å². The minimum atomic E-state index is -0.414. The highest BCUT2D eigenvalue weighted by atomic mass is 16.5. The largest absolute Gasteiger partial charge is 0.379 e. The number of rotatable bonds is 7. The van der Waals surface area contributed by atoms with Gasteiger partial charge in [0.25, 0.3) is 0 Å². The van der Waals surface area contributed by atoms with E-state index in [0.29, 0.717) is 19.8 Å². The molecule has 1 saturated heterocycles. The molecule has 0 spiro atoms. The lowest BCUT2D eigenvalue weighted by molar-refractivity contribution is -0.126. The number of hydrogen-bond acceptors (Lipinski definition) is 4. The van der Waals surface area contributed by atoms with Crippen molar-refractivity contribution in [2.45, 2.75) is 37.7 Å². The minimum absolute atomic E-state index is 0.101. The van der Waals surface area contributed by atoms with Gasteiger partial charge in [0.1, 0.15) is 0 Å². The van der Waals surface area contributed by atoms with Gasteiger partial charge in [-0.3, -0.25) is 9.59 Å². The van der Waals surface area contributed by atoms with E-state index in [0.717, 1.165) is 37.1 Å². The summed E-state index contributed by atoms with van der Waals surface area (Å²) in [6, 6.07) is 7.45. The second-order valence-electron chi connectivity index (χ2n) is 6.25. The molecule has 130 valence electrons. The van der Waals surface area contributed by atoms with E-state index in [1.54, 1.807) is 0 Å². The molecule has 24 heavy (non-hydrogen) atoms. The zero-order valence-electron chi connectivity index (χ0n) is 13.8. The van der Waals surface area contributed by atoms with E-state index in [4.69, 9.17) is 9.47 Å². The van der Waals surface area contributed by atoms with Gasteiger partial charge in [0.15, 0.2) is 0 Å². The van der Waals surface area contributed by atoms with E-state index in [-0.39, 0.29) is 24.3 Å². The van der Waals surface area contributed by atoms with E-state index in [9.17, 15) is 9.59 Å². The topological polar surface area (TPSA) is 76.7 Å². The van der Waals surface area contributed by atoms with Crippen molar-refractivity contribution in [3.05, 3.63) is 29.8 Å². The predicted molar refractivity (Wildman–Crippen MR) is 89.8 cm³/mol. The van der Waals surface area contributed by atoms with E-state index in [1.807, 2.05) is 24.3 Å². The van der Waals surface area contributed by atoms with Crippen molar-refractivity contribution in [1.82, 2.24) is 5.32 Å². The second-order valence-corrected chi connectivity index (χ2v) is 6.25. The molecule has 1 fully saturated rings. The molecule has 0 saturated carbocycles. The van der Waals surface area contributed by atoms with Crippen LogP contribution in [0.15, 0.2) is 24.3 Å². The third-order valence-corrected chi connectivity index (χ3v) is 4.41. The van der Waals surface area contributed by atoms with Crippen molar-refractivity contribution in [2.75, 3.05) is 31.7 Å². The first-order valence-corrected chi connectivity index (χ1v) is 8.60. The fourth-order valence-electron chi connectivity index (χ4n) is 3.14. The fourth-order valence-corrected chi connectivity index (χ4v) is 3.14. The lowest BCUT2D eigenvalue weighted by Crippen LogP contribution is -2.35. The SMILES string of the molecule is O=C1C[C@H](C(=O)NCCCOC[C@H]2CCCO2)c2ccccc2N1. The summed E-state index contributed by atoms with van der Waals surface area (Å²) >= 11 is 0. The highest BCUT2D eigenvalue weighted by Gasteiger charge is 2.30. The first kappa shape index (κ1) is 16.9. The highest BCUT2D eigenvalue weighted by Crippen LogP contribution is 2.31. The van der Waals surface area contributed by atoms with E-state index in [2.05, 4.69) is 10.6 Å². The maximum atomic E-state index is 12.4. The third kappa shape index (κ3) is 4.33. The zero-order valence-corrected chi connectivity index (χ0v) is 13.8. The molecule has 2 N–H and O–H groups in total. The van der Waals surface area contributed by atoms with Crippen LogP contribution in [-0.2, 0) is 19.1 Å².